The molecule has 4 aliphatic rings. The molecule has 0 N–H and O–H groups in total. The number of halogens is 2. The number of hydrogen-bond donors (Lipinski definition) is 0. The van der Waals surface area contributed by atoms with E-state index in [2.05, 4.69) is 76.2 Å². The van der Waals surface area contributed by atoms with Gasteiger partial charge in [0.25, 0.3) is 0 Å². The molecule has 0 nitrogen and oxygen atoms in total. The van der Waals surface area contributed by atoms with Gasteiger partial charge in [0.1, 0.15) is 0 Å². The fourth-order valence-corrected chi connectivity index (χ4v) is 73.7. The molecule has 6 rings (SSSR count). The number of rotatable bonds is 5. The van der Waals surface area contributed by atoms with Gasteiger partial charge in [0.05, 0.1) is 0 Å². The molecule has 2 aromatic rings. The molecule has 0 saturated heterocycles. The molecule has 0 bridgehead atoms. The maximum atomic E-state index is 8.94. The molecule has 0 heterocycles. The Morgan fingerprint density at radius 1 is 0.605 bits per heavy atom. The number of benzene rings is 2. The summed E-state index contributed by atoms with van der Waals surface area (Å²) >= 11 is -4.76. The Labute approximate surface area is 240 Å². The average Bonchev–Trinajstić information content (AvgIpc) is 3.44. The van der Waals surface area contributed by atoms with Crippen LogP contribution in [-0.2, 0) is 15.6 Å². The molecule has 203 valence electrons. The standard InChI is InChI=1S/C12H23Si.2C11H11.2ClH.Zr/c1-3-7-11(8-4-1)13-12-9-5-2-6-10-12;2*1-8-6-10-5-3-4-9(2)11(10)7-8;;;/h11-13H,1-10H2;2*3-7H,1-2H3;2*1H;/q;;;;;+2/p-2. The zero-order valence-corrected chi connectivity index (χ0v) is 29.0. The fourth-order valence-electron chi connectivity index (χ4n) is 9.70. The summed E-state index contributed by atoms with van der Waals surface area (Å²) in [4.78, 5) is 0. The van der Waals surface area contributed by atoms with E-state index >= 15 is 0 Å². The van der Waals surface area contributed by atoms with Crippen molar-refractivity contribution < 1.29 is 15.6 Å². The van der Waals surface area contributed by atoms with Crippen LogP contribution < -0.4 is 0 Å². The normalized spacial score (nSPS) is 25.5. The second kappa shape index (κ2) is 10.5. The summed E-state index contributed by atoms with van der Waals surface area (Å²) in [5, 5.41) is 0. The first-order chi connectivity index (χ1) is 18.2. The van der Waals surface area contributed by atoms with E-state index in [0.717, 1.165) is 11.1 Å². The molecule has 4 aliphatic carbocycles. The Kier molecular flexibility index (Phi) is 7.64. The third-order valence-corrected chi connectivity index (χ3v) is 59.3. The summed E-state index contributed by atoms with van der Waals surface area (Å²) in [5.41, 5.74) is 13.0. The van der Waals surface area contributed by atoms with Crippen molar-refractivity contribution in [2.45, 2.75) is 110 Å². The van der Waals surface area contributed by atoms with Gasteiger partial charge in [-0.05, 0) is 0 Å². The molecule has 4 heteroatoms. The summed E-state index contributed by atoms with van der Waals surface area (Å²) in [6.07, 6.45) is 18.8. The predicted octanol–water partition coefficient (Wildman–Crippen LogP) is 11.3. The summed E-state index contributed by atoms with van der Waals surface area (Å²) in [6, 6.07) is 13.9. The van der Waals surface area contributed by atoms with E-state index in [1.165, 1.54) is 109 Å². The molecule has 0 spiro atoms. The summed E-state index contributed by atoms with van der Waals surface area (Å²) in [6.45, 7) is 9.29. The zero-order valence-electron chi connectivity index (χ0n) is 23.8. The predicted molar refractivity (Wildman–Crippen MR) is 168 cm³/mol. The van der Waals surface area contributed by atoms with E-state index in [1.807, 2.05) is 0 Å². The third kappa shape index (κ3) is 4.30. The maximum absolute atomic E-state index is 8.94. The Morgan fingerprint density at radius 2 is 1.00 bits per heavy atom. The number of allylic oxidation sites excluding steroid dienone is 2. The van der Waals surface area contributed by atoms with E-state index in [9.17, 15) is 0 Å². The van der Waals surface area contributed by atoms with Crippen molar-refractivity contribution >= 4 is 35.1 Å². The Hall–Kier alpha value is -0.400. The Bertz CT molecular complexity index is 1200. The van der Waals surface area contributed by atoms with Crippen molar-refractivity contribution in [3.05, 3.63) is 80.9 Å². The number of fused-ring (bicyclic) bond motifs is 2. The molecule has 38 heavy (non-hydrogen) atoms. The van der Waals surface area contributed by atoms with Crippen LogP contribution in [-0.4, -0.2) is 5.92 Å². The molecular formula is C34H45Cl2SiZr. The number of aryl methyl sites for hydroxylation is 2. The van der Waals surface area contributed by atoms with Crippen molar-refractivity contribution in [1.29, 1.82) is 0 Å². The van der Waals surface area contributed by atoms with Crippen LogP contribution in [0, 0.1) is 13.8 Å². The van der Waals surface area contributed by atoms with Gasteiger partial charge in [0.15, 0.2) is 0 Å². The molecule has 0 aliphatic heterocycles. The Morgan fingerprint density at radius 3 is 1.39 bits per heavy atom. The van der Waals surface area contributed by atoms with Crippen LogP contribution in [0.4, 0.5) is 0 Å². The molecule has 2 saturated carbocycles. The van der Waals surface area contributed by atoms with Crippen LogP contribution >= 0.6 is 17.0 Å². The second-order valence-electron chi connectivity index (χ2n) is 13.3. The van der Waals surface area contributed by atoms with Crippen molar-refractivity contribution in [3.63, 3.8) is 0 Å². The SMILES string of the molecule is CC1=Cc2c(C)cccc2[CH]1[Zr]([Cl])([Cl])([CH]1C(C)=Cc2c(C)cccc21)[SiH](C1CCCCC1)C1CCCCC1. The van der Waals surface area contributed by atoms with E-state index < -0.39 is 21.5 Å². The van der Waals surface area contributed by atoms with Crippen LogP contribution in [0.25, 0.3) is 12.2 Å². The van der Waals surface area contributed by atoms with Gasteiger partial charge in [-0.2, -0.15) is 0 Å². The van der Waals surface area contributed by atoms with E-state index in [1.54, 1.807) is 0 Å². The topological polar surface area (TPSA) is 0 Å². The van der Waals surface area contributed by atoms with E-state index in [0.29, 0.717) is 0 Å². The molecule has 2 aromatic carbocycles. The first-order valence-corrected chi connectivity index (χ1v) is 30.7. The van der Waals surface area contributed by atoms with Crippen LogP contribution in [0.2, 0.25) is 11.1 Å². The summed E-state index contributed by atoms with van der Waals surface area (Å²) < 4.78 is 0.491. The van der Waals surface area contributed by atoms with E-state index in [-0.39, 0.29) is 7.25 Å². The monoisotopic (exact) mass is 641 g/mol. The van der Waals surface area contributed by atoms with Gasteiger partial charge in [0.2, 0.25) is 0 Å². The van der Waals surface area contributed by atoms with E-state index in [4.69, 9.17) is 17.0 Å². The van der Waals surface area contributed by atoms with Crippen molar-refractivity contribution in [3.8, 4) is 0 Å². The summed E-state index contributed by atoms with van der Waals surface area (Å²) in [7, 11) is 17.9. The molecule has 0 amide bonds. The molecule has 0 radical (unpaired) electrons. The third-order valence-electron chi connectivity index (χ3n) is 11.0. The minimum atomic E-state index is -4.76. The molecular weight excluding hydrogens is 599 g/mol. The number of hydrogen-bond acceptors (Lipinski definition) is 0. The van der Waals surface area contributed by atoms with Gasteiger partial charge in [-0.25, -0.2) is 0 Å². The van der Waals surface area contributed by atoms with Gasteiger partial charge in [0, 0.05) is 0 Å². The zero-order chi connectivity index (χ0) is 26.7. The van der Waals surface area contributed by atoms with Gasteiger partial charge >= 0.3 is 242 Å². The van der Waals surface area contributed by atoms with Gasteiger partial charge in [-0.1, -0.05) is 0 Å². The quantitative estimate of drug-likeness (QED) is 0.284. The van der Waals surface area contributed by atoms with Crippen LogP contribution in [0.5, 0.6) is 0 Å². The Balaban J connectivity index is 1.65. The first kappa shape index (κ1) is 27.8. The fraction of sp³-hybridized carbons (Fsp3) is 0.529. The first-order valence-electron chi connectivity index (χ1n) is 15.3. The molecule has 0 aromatic heterocycles. The second-order valence-corrected chi connectivity index (χ2v) is 52.9. The molecule has 2 atom stereocenters. The van der Waals surface area contributed by atoms with Crippen molar-refractivity contribution in [2.24, 2.45) is 0 Å². The summed E-state index contributed by atoms with van der Waals surface area (Å²) in [5.74, 6) is -1.61. The van der Waals surface area contributed by atoms with Crippen molar-refractivity contribution in [2.75, 3.05) is 0 Å². The molecule has 2 fully saturated rings. The van der Waals surface area contributed by atoms with Crippen LogP contribution in [0.1, 0.15) is 119 Å². The van der Waals surface area contributed by atoms with Gasteiger partial charge in [-0.15, -0.1) is 0 Å². The minimum absolute atomic E-state index is 0.245. The van der Waals surface area contributed by atoms with Gasteiger partial charge in [-0.3, -0.25) is 0 Å². The van der Waals surface area contributed by atoms with Crippen LogP contribution in [0.15, 0.2) is 47.5 Å². The molecule has 2 unspecified atom stereocenters. The van der Waals surface area contributed by atoms with Crippen molar-refractivity contribution in [1.82, 2.24) is 0 Å². The van der Waals surface area contributed by atoms with Gasteiger partial charge < -0.3 is 0 Å². The average molecular weight is 644 g/mol. The van der Waals surface area contributed by atoms with Crippen LogP contribution in [0.3, 0.4) is 0 Å².